The Balaban J connectivity index is 0.000000571. The molecule has 0 bridgehead atoms. The van der Waals surface area contributed by atoms with Crippen LogP contribution in [-0.2, 0) is 16.0 Å². The van der Waals surface area contributed by atoms with E-state index in [0.29, 0.717) is 15.6 Å². The third-order valence-electron chi connectivity index (χ3n) is 4.54. The topological polar surface area (TPSA) is 184 Å². The van der Waals surface area contributed by atoms with Gasteiger partial charge in [0, 0.05) is 22.0 Å². The Hall–Kier alpha value is -2.83. The van der Waals surface area contributed by atoms with E-state index in [-0.39, 0.29) is 60.5 Å². The van der Waals surface area contributed by atoms with Crippen LogP contribution < -0.4 is 10.5 Å². The highest BCUT2D eigenvalue weighted by Crippen LogP contribution is 2.34. The normalized spacial score (nSPS) is 9.60. The number of halogens is 7. The van der Waals surface area contributed by atoms with E-state index in [4.69, 9.17) is 112 Å². The van der Waals surface area contributed by atoms with Crippen molar-refractivity contribution in [2.24, 2.45) is 0 Å². The highest BCUT2D eigenvalue weighted by molar-refractivity contribution is 6.44. The summed E-state index contributed by atoms with van der Waals surface area (Å²) in [7, 11) is 1.34. The van der Waals surface area contributed by atoms with Gasteiger partial charge >= 0.3 is 23.9 Å². The van der Waals surface area contributed by atoms with E-state index in [1.807, 2.05) is 0 Å². The second-order valence-corrected chi connectivity index (χ2v) is 10.4. The molecule has 0 amide bonds. The number of anilines is 1. The predicted molar refractivity (Wildman–Crippen MR) is 169 cm³/mol. The maximum atomic E-state index is 10.7. The van der Waals surface area contributed by atoms with E-state index in [2.05, 4.69) is 0 Å². The maximum Gasteiger partial charge on any atom is 0.341 e. The fourth-order valence-electron chi connectivity index (χ4n) is 2.58. The van der Waals surface area contributed by atoms with Gasteiger partial charge in [-0.05, 0) is 36.4 Å². The van der Waals surface area contributed by atoms with E-state index in [0.717, 1.165) is 0 Å². The molecule has 3 aromatic carbocycles. The smallest absolute Gasteiger partial charge is 0.341 e. The molecular weight excluding hydrogens is 718 g/mol. The summed E-state index contributed by atoms with van der Waals surface area (Å²) in [4.78, 5) is 41.1. The van der Waals surface area contributed by atoms with Crippen molar-refractivity contribution in [1.82, 2.24) is 0 Å². The van der Waals surface area contributed by atoms with E-state index < -0.39 is 23.9 Å². The number of benzene rings is 3. The van der Waals surface area contributed by atoms with Crippen molar-refractivity contribution in [1.29, 1.82) is 0 Å². The number of hydrogen-bond acceptors (Lipinski definition) is 6. The Kier molecular flexibility index (Phi) is 18.2. The number of methoxy groups -OCH3 is 1. The molecule has 0 unspecified atom stereocenters. The molecule has 3 rings (SSSR count). The maximum absolute atomic E-state index is 10.7. The van der Waals surface area contributed by atoms with E-state index in [1.54, 1.807) is 6.92 Å². The number of ether oxygens (including phenoxy) is 1. The lowest BCUT2D eigenvalue weighted by atomic mass is 10.1. The Morgan fingerprint density at radius 3 is 1.63 bits per heavy atom. The zero-order valence-electron chi connectivity index (χ0n) is 21.9. The third kappa shape index (κ3) is 13.6. The Bertz CT molecular complexity index is 1480. The van der Waals surface area contributed by atoms with Gasteiger partial charge in [0.15, 0.2) is 5.75 Å². The quantitative estimate of drug-likeness (QED) is 0.121. The largest absolute Gasteiger partial charge is 0.494 e. The van der Waals surface area contributed by atoms with Crippen LogP contribution in [0.2, 0.25) is 35.2 Å². The van der Waals surface area contributed by atoms with Crippen molar-refractivity contribution < 1.29 is 44.3 Å². The highest BCUT2D eigenvalue weighted by Gasteiger charge is 2.18. The van der Waals surface area contributed by atoms with Crippen LogP contribution in [0.5, 0.6) is 5.75 Å². The van der Waals surface area contributed by atoms with Crippen LogP contribution in [0.25, 0.3) is 0 Å². The molecule has 6 N–H and O–H groups in total. The molecule has 234 valence electrons. The van der Waals surface area contributed by atoms with Gasteiger partial charge in [-0.15, -0.1) is 0 Å². The van der Waals surface area contributed by atoms with Crippen LogP contribution >= 0.6 is 81.2 Å². The summed E-state index contributed by atoms with van der Waals surface area (Å²) in [6, 6.07) is 8.59. The zero-order chi connectivity index (χ0) is 33.6. The molecule has 0 aliphatic rings. The summed E-state index contributed by atoms with van der Waals surface area (Å²) < 4.78 is 4.82. The second-order valence-electron chi connectivity index (χ2n) is 7.54. The van der Waals surface area contributed by atoms with E-state index in [1.165, 1.54) is 43.5 Å². The Labute approximate surface area is 280 Å². The molecular formula is C26H22Cl7NO9. The Morgan fingerprint density at radius 1 is 0.721 bits per heavy atom. The average molecular weight is 741 g/mol. The molecule has 0 saturated heterocycles. The summed E-state index contributed by atoms with van der Waals surface area (Å²) in [5.74, 6) is -3.96. The molecule has 0 spiro atoms. The fraction of sp³-hybridized carbons (Fsp3) is 0.154. The molecule has 0 atom stereocenters. The van der Waals surface area contributed by atoms with Gasteiger partial charge in [0.25, 0.3) is 0 Å². The van der Waals surface area contributed by atoms with Gasteiger partial charge in [-0.25, -0.2) is 9.59 Å². The molecule has 0 radical (unpaired) electrons. The fourth-order valence-corrected chi connectivity index (χ4v) is 4.14. The standard InChI is InChI=1S/C8H5Cl3O2.C8H6Cl2O3.C7H5Cl2NO2.C3H6O2/c9-5-1-2-6(10)8(11)4(5)3-7(12)13;1-13-7-5(10)3-2-4(9)6(7)8(11)12;8-3-1-4(7(11)12)6(9)5(10)2-3;1-2-3(4)5/h1-2H,3H2,(H,12,13);2-3H,1H3,(H,11,12);1-2H,10H2,(H,11,12);2H2,1H3,(H,4,5). The number of carbonyl (C=O) groups is 4. The summed E-state index contributed by atoms with van der Waals surface area (Å²) in [6.45, 7) is 1.60. The number of carboxylic acid groups (broad SMARTS) is 4. The lowest BCUT2D eigenvalue weighted by Gasteiger charge is -2.07. The minimum absolute atomic E-state index is 0.0203. The highest BCUT2D eigenvalue weighted by atomic mass is 35.5. The number of nitrogen functional groups attached to an aromatic ring is 1. The zero-order valence-corrected chi connectivity index (χ0v) is 27.2. The molecule has 10 nitrogen and oxygen atoms in total. The average Bonchev–Trinajstić information content (AvgIpc) is 2.92. The van der Waals surface area contributed by atoms with Gasteiger partial charge in [-0.3, -0.25) is 9.59 Å². The van der Waals surface area contributed by atoms with Gasteiger partial charge in [0.2, 0.25) is 0 Å². The summed E-state index contributed by atoms with van der Waals surface area (Å²) in [5, 5.41) is 35.1. The minimum Gasteiger partial charge on any atom is -0.494 e. The number of aliphatic carboxylic acids is 2. The molecule has 17 heteroatoms. The van der Waals surface area contributed by atoms with Crippen LogP contribution in [-0.4, -0.2) is 51.4 Å². The molecule has 0 aromatic heterocycles. The lowest BCUT2D eigenvalue weighted by Crippen LogP contribution is -2.01. The Morgan fingerprint density at radius 2 is 1.21 bits per heavy atom. The molecule has 43 heavy (non-hydrogen) atoms. The lowest BCUT2D eigenvalue weighted by molar-refractivity contribution is -0.137. The van der Waals surface area contributed by atoms with Gasteiger partial charge in [-0.2, -0.15) is 0 Å². The van der Waals surface area contributed by atoms with Crippen molar-refractivity contribution >= 4 is 111 Å². The van der Waals surface area contributed by atoms with Crippen LogP contribution in [0.3, 0.4) is 0 Å². The summed E-state index contributed by atoms with van der Waals surface area (Å²) >= 11 is 39.7. The number of nitrogens with two attached hydrogens (primary N) is 1. The molecule has 3 aromatic rings. The van der Waals surface area contributed by atoms with Crippen molar-refractivity contribution in [2.75, 3.05) is 12.8 Å². The molecule has 0 fully saturated rings. The van der Waals surface area contributed by atoms with E-state index in [9.17, 15) is 19.2 Å². The van der Waals surface area contributed by atoms with Gasteiger partial charge < -0.3 is 30.9 Å². The van der Waals surface area contributed by atoms with Crippen LogP contribution in [0.4, 0.5) is 5.69 Å². The first-order valence-corrected chi connectivity index (χ1v) is 13.8. The molecule has 0 saturated carbocycles. The number of carboxylic acids is 4. The first kappa shape index (κ1) is 40.2. The molecule has 0 heterocycles. The number of rotatable bonds is 6. The first-order valence-electron chi connectivity index (χ1n) is 11.2. The monoisotopic (exact) mass is 737 g/mol. The second kappa shape index (κ2) is 19.4. The SMILES string of the molecule is CCC(=O)O.COc1c(Cl)ccc(Cl)c1C(=O)O.Nc1cc(Cl)cc(C(=O)O)c1Cl.O=C(O)Cc1c(Cl)ccc(Cl)c1Cl. The van der Waals surface area contributed by atoms with Crippen LogP contribution in [0.15, 0.2) is 36.4 Å². The molecule has 0 aliphatic heterocycles. The van der Waals surface area contributed by atoms with Crippen molar-refractivity contribution in [3.8, 4) is 5.75 Å². The van der Waals surface area contributed by atoms with E-state index >= 15 is 0 Å². The third-order valence-corrected chi connectivity index (χ3v) is 6.99. The van der Waals surface area contributed by atoms with Crippen molar-refractivity contribution in [3.05, 3.63) is 88.2 Å². The predicted octanol–water partition coefficient (Wildman–Crippen LogP) is 8.73. The molecule has 0 aliphatic carbocycles. The number of aromatic carboxylic acids is 2. The minimum atomic E-state index is -1.16. The van der Waals surface area contributed by atoms with Crippen LogP contribution in [0.1, 0.15) is 39.6 Å². The van der Waals surface area contributed by atoms with Crippen LogP contribution in [0, 0.1) is 0 Å². The summed E-state index contributed by atoms with van der Waals surface area (Å²) in [6.07, 6.45) is -0.00176. The van der Waals surface area contributed by atoms with Gasteiger partial charge in [0.1, 0.15) is 5.56 Å². The van der Waals surface area contributed by atoms with Crippen molar-refractivity contribution in [3.63, 3.8) is 0 Å². The van der Waals surface area contributed by atoms with Gasteiger partial charge in [0.05, 0.1) is 49.9 Å². The number of hydrogen-bond donors (Lipinski definition) is 5. The summed E-state index contributed by atoms with van der Waals surface area (Å²) in [5.41, 5.74) is 5.70. The first-order chi connectivity index (χ1) is 19.9. The van der Waals surface area contributed by atoms with Crippen molar-refractivity contribution in [2.45, 2.75) is 19.8 Å². The van der Waals surface area contributed by atoms with Gasteiger partial charge in [-0.1, -0.05) is 88.1 Å².